The summed E-state index contributed by atoms with van der Waals surface area (Å²) in [6, 6.07) is 72.6. The van der Waals surface area contributed by atoms with Crippen molar-refractivity contribution in [3.05, 3.63) is 217 Å². The van der Waals surface area contributed by atoms with Crippen molar-refractivity contribution in [2.24, 2.45) is 0 Å². The van der Waals surface area contributed by atoms with E-state index in [-0.39, 0.29) is 12.1 Å². The van der Waals surface area contributed by atoms with Gasteiger partial charge in [0.05, 0.1) is 0 Å². The summed E-state index contributed by atoms with van der Waals surface area (Å²) in [6.07, 6.45) is 0. The molecule has 66 heavy (non-hydrogen) atoms. The van der Waals surface area contributed by atoms with E-state index in [2.05, 4.69) is 229 Å². The van der Waals surface area contributed by atoms with Crippen molar-refractivity contribution in [2.45, 2.75) is 25.9 Å². The summed E-state index contributed by atoms with van der Waals surface area (Å²) in [5, 5.41) is 13.3. The van der Waals surface area contributed by atoms with Gasteiger partial charge in [-0.3, -0.25) is 0 Å². The predicted octanol–water partition coefficient (Wildman–Crippen LogP) is 17.6. The first-order chi connectivity index (χ1) is 32.6. The summed E-state index contributed by atoms with van der Waals surface area (Å²) in [7, 11) is -3.46. The molecule has 0 aliphatic heterocycles. The lowest BCUT2D eigenvalue weighted by atomic mass is 9.99. The van der Waals surface area contributed by atoms with Gasteiger partial charge in [0.2, 0.25) is 0 Å². The summed E-state index contributed by atoms with van der Waals surface area (Å²) in [5.41, 5.74) is 5.57. The summed E-state index contributed by atoms with van der Waals surface area (Å²) >= 11 is 0. The molecule has 2 atom stereocenters. The maximum absolute atomic E-state index is 7.31. The van der Waals surface area contributed by atoms with Gasteiger partial charge in [-0.05, 0) is 92.3 Å². The van der Waals surface area contributed by atoms with Crippen molar-refractivity contribution in [2.75, 3.05) is 22.4 Å². The van der Waals surface area contributed by atoms with Crippen LogP contribution >= 0.6 is 16.3 Å². The van der Waals surface area contributed by atoms with Crippen LogP contribution in [-0.4, -0.2) is 13.1 Å². The fraction of sp³-hybridized carbons (Fsp3) is 0.103. The lowest BCUT2D eigenvalue weighted by Crippen LogP contribution is -2.35. The molecule has 12 rings (SSSR count). The molecule has 0 spiro atoms. The van der Waals surface area contributed by atoms with E-state index in [9.17, 15) is 0 Å². The topological polar surface area (TPSA) is 59.0 Å². The van der Waals surface area contributed by atoms with Gasteiger partial charge in [-0.15, -0.1) is 0 Å². The standard InChI is InChI=1S/C58H46N2O4P2/c1-39(41-17-5-3-6-18-41)59(65-61-51-33-29-43-21-9-13-25-47(43)55(51)56-48-26-14-10-22-44(48)30-34-52(56)62-65)37-38-60(40(2)42-19-7-4-8-20-42)66-63-53-35-31-45-23-11-15-27-49(45)57(53)58-50-28-16-12-24-46(50)32-36-54(58)64-66/h3-36,39-40H,37-38H2,1-2H3/t39-,40-/m0/s1. The number of nitrogens with zero attached hydrogens (tertiary/aromatic N) is 2. The molecule has 0 aliphatic carbocycles. The Bertz CT molecular complexity index is 3400. The van der Waals surface area contributed by atoms with Crippen LogP contribution in [0.2, 0.25) is 0 Å². The van der Waals surface area contributed by atoms with Gasteiger partial charge in [-0.2, -0.15) is 9.34 Å². The van der Waals surface area contributed by atoms with Gasteiger partial charge in [-0.25, -0.2) is 0 Å². The first kappa shape index (κ1) is 40.5. The van der Waals surface area contributed by atoms with Crippen LogP contribution in [0.25, 0.3) is 87.0 Å². The third-order valence-corrected chi connectivity index (χ3v) is 16.5. The largest absolute Gasteiger partial charge is 0.408 e. The minimum absolute atomic E-state index is 0.0833. The van der Waals surface area contributed by atoms with Gasteiger partial charge >= 0.3 is 16.3 Å². The van der Waals surface area contributed by atoms with Crippen molar-refractivity contribution in [1.29, 1.82) is 0 Å². The van der Waals surface area contributed by atoms with Crippen LogP contribution in [0.4, 0.5) is 0 Å². The smallest absolute Gasteiger partial charge is 0.310 e. The van der Waals surface area contributed by atoms with E-state index in [1.807, 2.05) is 0 Å². The molecule has 0 unspecified atom stereocenters. The lowest BCUT2D eigenvalue weighted by molar-refractivity contribution is 0.570. The first-order valence-corrected chi connectivity index (χ1v) is 24.9. The average molecular weight is 897 g/mol. The summed E-state index contributed by atoms with van der Waals surface area (Å²) in [5.74, 6) is 0. The number of benzene rings is 10. The molecule has 0 aliphatic rings. The Morgan fingerprint density at radius 3 is 0.864 bits per heavy atom. The minimum Gasteiger partial charge on any atom is -0.408 e. The van der Waals surface area contributed by atoms with Crippen LogP contribution in [-0.2, 0) is 0 Å². The van der Waals surface area contributed by atoms with Crippen molar-refractivity contribution in [3.63, 3.8) is 0 Å². The van der Waals surface area contributed by atoms with E-state index in [0.717, 1.165) is 87.0 Å². The number of hydrogen-bond donors (Lipinski definition) is 0. The van der Waals surface area contributed by atoms with E-state index < -0.39 is 16.3 Å². The molecule has 0 amide bonds. The van der Waals surface area contributed by atoms with E-state index in [1.54, 1.807) is 0 Å². The Morgan fingerprint density at radius 2 is 0.576 bits per heavy atom. The second kappa shape index (κ2) is 17.1. The molecule has 0 bridgehead atoms. The first-order valence-electron chi connectivity index (χ1n) is 22.6. The number of rotatable bonds is 9. The second-order valence-electron chi connectivity index (χ2n) is 17.0. The molecule has 12 aromatic rings. The second-order valence-corrected chi connectivity index (χ2v) is 19.7. The van der Waals surface area contributed by atoms with Crippen molar-refractivity contribution < 1.29 is 16.8 Å². The van der Waals surface area contributed by atoms with Crippen LogP contribution in [0.5, 0.6) is 0 Å². The molecule has 0 saturated heterocycles. The number of hydrogen-bond acceptors (Lipinski definition) is 6. The Labute approximate surface area is 384 Å². The molecular formula is C58H46N2O4P2. The maximum Gasteiger partial charge on any atom is 0.310 e. The molecular weight excluding hydrogens is 851 g/mol. The predicted molar refractivity (Wildman–Crippen MR) is 279 cm³/mol. The lowest BCUT2D eigenvalue weighted by Gasteiger charge is -2.31. The van der Waals surface area contributed by atoms with Gasteiger partial charge in [0.1, 0.15) is 22.3 Å². The van der Waals surface area contributed by atoms with E-state index in [4.69, 9.17) is 16.8 Å². The highest BCUT2D eigenvalue weighted by Gasteiger charge is 2.29. The zero-order chi connectivity index (χ0) is 44.1. The molecule has 2 aromatic heterocycles. The maximum atomic E-state index is 7.31. The molecule has 10 aromatic carbocycles. The minimum atomic E-state index is -1.73. The Kier molecular flexibility index (Phi) is 10.5. The fourth-order valence-electron chi connectivity index (χ4n) is 9.77. The molecule has 322 valence electrons. The SMILES string of the molecule is C[C@@H](c1ccccc1)N(CCN([C@@H](C)c1ccccc1)p1oc2ccc3ccccc3c2c2c(ccc3ccccc32)o1)p1oc2ccc3ccccc3c2c2c(ccc3ccccc32)o1. The highest BCUT2D eigenvalue weighted by molar-refractivity contribution is 7.39. The Hall–Kier alpha value is -7.04. The third-order valence-electron chi connectivity index (χ3n) is 13.2. The zero-order valence-corrected chi connectivity index (χ0v) is 38.4. The molecule has 0 radical (unpaired) electrons. The average Bonchev–Trinajstić information content (AvgIpc) is 3.66. The van der Waals surface area contributed by atoms with Gasteiger partial charge in [0.15, 0.2) is 0 Å². The number of fused-ring (bicyclic) bond motifs is 14. The van der Waals surface area contributed by atoms with E-state index >= 15 is 0 Å². The van der Waals surface area contributed by atoms with Crippen LogP contribution in [0.1, 0.15) is 37.1 Å². The van der Waals surface area contributed by atoms with E-state index in [0.29, 0.717) is 13.1 Å². The normalized spacial score (nSPS) is 13.0. The molecule has 0 saturated carbocycles. The molecule has 8 heteroatoms. The highest BCUT2D eigenvalue weighted by atomic mass is 31.1. The van der Waals surface area contributed by atoms with Gasteiger partial charge < -0.3 is 16.8 Å². The molecule has 0 N–H and O–H groups in total. The van der Waals surface area contributed by atoms with Crippen LogP contribution in [0.3, 0.4) is 0 Å². The highest BCUT2D eigenvalue weighted by Crippen LogP contribution is 2.47. The quantitative estimate of drug-likeness (QED) is 0.144. The Morgan fingerprint density at radius 1 is 0.318 bits per heavy atom. The summed E-state index contributed by atoms with van der Waals surface area (Å²) in [4.78, 5) is 0. The zero-order valence-electron chi connectivity index (χ0n) is 36.6. The third kappa shape index (κ3) is 7.15. The van der Waals surface area contributed by atoms with Gasteiger partial charge in [-0.1, -0.05) is 182 Å². The fourth-order valence-corrected chi connectivity index (χ4v) is 12.9. The van der Waals surface area contributed by atoms with Crippen molar-refractivity contribution >= 4 is 103 Å². The van der Waals surface area contributed by atoms with Gasteiger partial charge in [0.25, 0.3) is 0 Å². The van der Waals surface area contributed by atoms with E-state index in [1.165, 1.54) is 11.1 Å². The monoisotopic (exact) mass is 896 g/mol. The van der Waals surface area contributed by atoms with Crippen LogP contribution in [0.15, 0.2) is 223 Å². The van der Waals surface area contributed by atoms with Crippen LogP contribution in [0, 0.1) is 0 Å². The summed E-state index contributed by atoms with van der Waals surface area (Å²) < 4.78 is 34.1. The molecule has 6 nitrogen and oxygen atoms in total. The Balaban J connectivity index is 1.09. The van der Waals surface area contributed by atoms with Crippen LogP contribution < -0.4 is 9.34 Å². The molecule has 0 fully saturated rings. The van der Waals surface area contributed by atoms with Crippen molar-refractivity contribution in [3.8, 4) is 0 Å². The van der Waals surface area contributed by atoms with Crippen molar-refractivity contribution in [1.82, 2.24) is 0 Å². The van der Waals surface area contributed by atoms with Gasteiger partial charge in [0, 0.05) is 46.7 Å². The molecule has 2 heterocycles. The summed E-state index contributed by atoms with van der Waals surface area (Å²) in [6.45, 7) is 5.67.